The molecule has 1 aromatic rings. The Labute approximate surface area is 93.4 Å². The van der Waals surface area contributed by atoms with Crippen LogP contribution in [0.3, 0.4) is 0 Å². The summed E-state index contributed by atoms with van der Waals surface area (Å²) in [6.45, 7) is 0. The summed E-state index contributed by atoms with van der Waals surface area (Å²) in [5, 5.41) is 18.6. The first-order valence-corrected chi connectivity index (χ1v) is 4.34. The summed E-state index contributed by atoms with van der Waals surface area (Å²) in [4.78, 5) is 12.9. The Hall–Kier alpha value is -1.81. The van der Waals surface area contributed by atoms with E-state index < -0.39 is 39.9 Å². The Bertz CT molecular complexity index is 473. The number of pyridine rings is 1. The van der Waals surface area contributed by atoms with Crippen LogP contribution in [0.15, 0.2) is 6.07 Å². The van der Waals surface area contributed by atoms with Crippen molar-refractivity contribution in [3.63, 3.8) is 0 Å². The number of halogens is 3. The van der Waals surface area contributed by atoms with E-state index in [9.17, 15) is 18.9 Å². The second-order valence-corrected chi connectivity index (χ2v) is 3.12. The highest BCUT2D eigenvalue weighted by Gasteiger charge is 2.26. The number of nitriles is 1. The molecule has 1 rings (SSSR count). The first-order valence-electron chi connectivity index (χ1n) is 3.96. The van der Waals surface area contributed by atoms with Gasteiger partial charge in [-0.3, -0.25) is 0 Å². The van der Waals surface area contributed by atoms with E-state index in [0.717, 1.165) is 6.07 Å². The SMILES string of the molecule is N#CCc1c(C(F)F)cc(Cl)nc1[N+](=O)[O-]. The predicted molar refractivity (Wildman–Crippen MR) is 50.2 cm³/mol. The zero-order chi connectivity index (χ0) is 12.3. The second kappa shape index (κ2) is 4.81. The van der Waals surface area contributed by atoms with Crippen LogP contribution < -0.4 is 0 Å². The number of rotatable bonds is 3. The number of nitro groups is 1. The molecule has 0 N–H and O–H groups in total. The molecule has 0 saturated carbocycles. The highest BCUT2D eigenvalue weighted by molar-refractivity contribution is 6.29. The van der Waals surface area contributed by atoms with Gasteiger partial charge in [0.1, 0.15) is 0 Å². The molecular formula is C8H4ClF2N3O2. The molecule has 0 amide bonds. The zero-order valence-electron chi connectivity index (χ0n) is 7.65. The number of alkyl halides is 2. The van der Waals surface area contributed by atoms with Crippen molar-refractivity contribution < 1.29 is 13.7 Å². The average Bonchev–Trinajstić information content (AvgIpc) is 2.19. The minimum absolute atomic E-state index is 0.396. The van der Waals surface area contributed by atoms with Crippen LogP contribution in [0.1, 0.15) is 17.6 Å². The lowest BCUT2D eigenvalue weighted by Gasteiger charge is -2.05. The summed E-state index contributed by atoms with van der Waals surface area (Å²) in [7, 11) is 0. The van der Waals surface area contributed by atoms with Gasteiger partial charge in [-0.15, -0.1) is 0 Å². The summed E-state index contributed by atoms with van der Waals surface area (Å²) < 4.78 is 25.1. The van der Waals surface area contributed by atoms with Crippen molar-refractivity contribution >= 4 is 17.4 Å². The number of hydrogen-bond donors (Lipinski definition) is 0. The van der Waals surface area contributed by atoms with Crippen LogP contribution in [-0.4, -0.2) is 9.91 Å². The predicted octanol–water partition coefficient (Wildman–Crippen LogP) is 2.65. The molecule has 0 aromatic carbocycles. The highest BCUT2D eigenvalue weighted by atomic mass is 35.5. The molecule has 0 aliphatic carbocycles. The van der Waals surface area contributed by atoms with Gasteiger partial charge in [0.15, 0.2) is 0 Å². The minimum Gasteiger partial charge on any atom is -0.358 e. The monoisotopic (exact) mass is 247 g/mol. The minimum atomic E-state index is -2.94. The first kappa shape index (κ1) is 12.3. The standard InChI is InChI=1S/C8H4ClF2N3O2/c9-6-3-5(7(10)11)4(1-2-12)8(13-6)14(15)16/h3,7H,1H2. The molecule has 0 spiro atoms. The van der Waals surface area contributed by atoms with Gasteiger partial charge >= 0.3 is 5.82 Å². The molecule has 8 heteroatoms. The molecule has 84 valence electrons. The van der Waals surface area contributed by atoms with Gasteiger partial charge < -0.3 is 10.1 Å². The van der Waals surface area contributed by atoms with E-state index in [4.69, 9.17) is 16.9 Å². The summed E-state index contributed by atoms with van der Waals surface area (Å²) >= 11 is 5.38. The fourth-order valence-electron chi connectivity index (χ4n) is 1.15. The molecule has 0 aliphatic heterocycles. The fraction of sp³-hybridized carbons (Fsp3) is 0.250. The largest absolute Gasteiger partial charge is 0.369 e. The van der Waals surface area contributed by atoms with Crippen LogP contribution in [0.2, 0.25) is 5.15 Å². The van der Waals surface area contributed by atoms with E-state index in [-0.39, 0.29) is 0 Å². The third kappa shape index (κ3) is 2.41. The van der Waals surface area contributed by atoms with Crippen molar-refractivity contribution in [2.45, 2.75) is 12.8 Å². The molecule has 1 aromatic heterocycles. The van der Waals surface area contributed by atoms with Crippen LogP contribution in [0.4, 0.5) is 14.6 Å². The third-order valence-electron chi connectivity index (χ3n) is 1.77. The fourth-order valence-corrected chi connectivity index (χ4v) is 1.35. The quantitative estimate of drug-likeness (QED) is 0.467. The van der Waals surface area contributed by atoms with Crippen molar-refractivity contribution in [1.29, 1.82) is 5.26 Å². The van der Waals surface area contributed by atoms with Crippen LogP contribution in [0, 0.1) is 21.4 Å². The van der Waals surface area contributed by atoms with E-state index in [1.165, 1.54) is 0 Å². The smallest absolute Gasteiger partial charge is 0.358 e. The van der Waals surface area contributed by atoms with Crippen molar-refractivity contribution in [1.82, 2.24) is 4.98 Å². The van der Waals surface area contributed by atoms with Crippen LogP contribution in [0.5, 0.6) is 0 Å². The summed E-state index contributed by atoms with van der Waals surface area (Å²) in [6, 6.07) is 2.40. The Morgan fingerprint density at radius 1 is 1.69 bits per heavy atom. The molecule has 0 atom stereocenters. The van der Waals surface area contributed by atoms with Crippen molar-refractivity contribution in [2.75, 3.05) is 0 Å². The third-order valence-corrected chi connectivity index (χ3v) is 1.96. The summed E-state index contributed by atoms with van der Waals surface area (Å²) in [5.74, 6) is -0.802. The van der Waals surface area contributed by atoms with Crippen molar-refractivity contribution in [3.8, 4) is 6.07 Å². The lowest BCUT2D eigenvalue weighted by atomic mass is 10.1. The highest BCUT2D eigenvalue weighted by Crippen LogP contribution is 2.31. The Kier molecular flexibility index (Phi) is 3.68. The van der Waals surface area contributed by atoms with Crippen molar-refractivity contribution in [3.05, 3.63) is 32.5 Å². The lowest BCUT2D eigenvalue weighted by molar-refractivity contribution is -0.390. The molecule has 16 heavy (non-hydrogen) atoms. The van der Waals surface area contributed by atoms with Crippen molar-refractivity contribution in [2.24, 2.45) is 0 Å². The first-order chi connectivity index (χ1) is 7.47. The number of nitrogens with zero attached hydrogens (tertiary/aromatic N) is 3. The van der Waals surface area contributed by atoms with Gasteiger partial charge in [0, 0.05) is 11.6 Å². The molecule has 0 radical (unpaired) electrons. The van der Waals surface area contributed by atoms with Crippen LogP contribution >= 0.6 is 11.6 Å². The number of hydrogen-bond acceptors (Lipinski definition) is 4. The van der Waals surface area contributed by atoms with E-state index >= 15 is 0 Å². The number of aromatic nitrogens is 1. The maximum atomic E-state index is 12.6. The Balaban J connectivity index is 3.48. The maximum Gasteiger partial charge on any atom is 0.369 e. The van der Waals surface area contributed by atoms with E-state index in [0.29, 0.717) is 0 Å². The zero-order valence-corrected chi connectivity index (χ0v) is 8.41. The summed E-state index contributed by atoms with van der Waals surface area (Å²) in [5.41, 5.74) is -1.03. The average molecular weight is 248 g/mol. The topological polar surface area (TPSA) is 79.8 Å². The second-order valence-electron chi connectivity index (χ2n) is 2.73. The normalized spacial score (nSPS) is 10.2. The maximum absolute atomic E-state index is 12.6. The van der Waals surface area contributed by atoms with Gasteiger partial charge in [0.25, 0.3) is 6.43 Å². The Morgan fingerprint density at radius 3 is 2.75 bits per heavy atom. The van der Waals surface area contributed by atoms with Gasteiger partial charge in [0.05, 0.1) is 18.1 Å². The van der Waals surface area contributed by atoms with Gasteiger partial charge in [-0.05, 0) is 21.5 Å². The molecule has 0 fully saturated rings. The van der Waals surface area contributed by atoms with Crippen LogP contribution in [0.25, 0.3) is 0 Å². The summed E-state index contributed by atoms with van der Waals surface area (Å²) in [6.07, 6.45) is -3.46. The molecule has 1 heterocycles. The van der Waals surface area contributed by atoms with E-state index in [2.05, 4.69) is 4.98 Å². The van der Waals surface area contributed by atoms with E-state index in [1.807, 2.05) is 0 Å². The lowest BCUT2D eigenvalue weighted by Crippen LogP contribution is -2.03. The van der Waals surface area contributed by atoms with Crippen LogP contribution in [-0.2, 0) is 6.42 Å². The molecular weight excluding hydrogens is 244 g/mol. The molecule has 5 nitrogen and oxygen atoms in total. The van der Waals surface area contributed by atoms with E-state index in [1.54, 1.807) is 6.07 Å². The van der Waals surface area contributed by atoms with Gasteiger partial charge in [-0.1, -0.05) is 0 Å². The van der Waals surface area contributed by atoms with Gasteiger partial charge in [-0.2, -0.15) is 5.26 Å². The molecule has 0 bridgehead atoms. The van der Waals surface area contributed by atoms with Gasteiger partial charge in [-0.25, -0.2) is 8.78 Å². The molecule has 0 unspecified atom stereocenters. The Morgan fingerprint density at radius 2 is 2.31 bits per heavy atom. The molecule has 0 aliphatic rings. The van der Waals surface area contributed by atoms with Gasteiger partial charge in [0.2, 0.25) is 5.15 Å². The molecule has 0 saturated heterocycles.